The highest BCUT2D eigenvalue weighted by molar-refractivity contribution is 7.16. The summed E-state index contributed by atoms with van der Waals surface area (Å²) in [5.41, 5.74) is 53.6. The van der Waals surface area contributed by atoms with Crippen LogP contribution in [0.15, 0.2) is 91.0 Å². The van der Waals surface area contributed by atoms with E-state index in [-0.39, 0.29) is 11.7 Å². The molecule has 772 valence electrons. The molecule has 0 aliphatic rings. The molecule has 0 aliphatic carbocycles. The Morgan fingerprint density at radius 3 is 1.13 bits per heavy atom. The second-order valence-corrected chi connectivity index (χ2v) is 45.5. The number of para-hydroxylation sites is 2. The number of fused-ring (bicyclic) bond motifs is 4. The number of H-pyrrole nitrogens is 1. The van der Waals surface area contributed by atoms with Crippen molar-refractivity contribution in [2.45, 2.75) is 426 Å². The topological polar surface area (TPSA) is 139 Å². The Balaban J connectivity index is 0.000000277. The molecule has 0 saturated carbocycles. The summed E-state index contributed by atoms with van der Waals surface area (Å²) in [7, 11) is 1.75. The molecule has 0 aliphatic heterocycles. The third-order valence-corrected chi connectivity index (χ3v) is 32.3. The first-order chi connectivity index (χ1) is 65.9. The smallest absolute Gasteiger partial charge is 0.328 e. The maximum atomic E-state index is 11.1. The minimum atomic E-state index is 0.0509. The van der Waals surface area contributed by atoms with Crippen molar-refractivity contribution < 1.29 is 0 Å². The third kappa shape index (κ3) is 29.2. The molecule has 16 heteroatoms. The Morgan fingerprint density at radius 2 is 0.732 bits per heavy atom. The summed E-state index contributed by atoms with van der Waals surface area (Å²) in [4.78, 5) is 48.4. The van der Waals surface area contributed by atoms with Gasteiger partial charge in [-0.05, 0) is 495 Å². The van der Waals surface area contributed by atoms with Crippen LogP contribution in [0.4, 0.5) is 5.00 Å². The summed E-state index contributed by atoms with van der Waals surface area (Å²) >= 11 is 3.51. The van der Waals surface area contributed by atoms with E-state index in [2.05, 4.69) is 399 Å². The molecule has 0 amide bonds. The number of nitrogens with one attached hydrogen (secondary N) is 1. The molecule has 142 heavy (non-hydrogen) atoms. The number of hydrogen-bond acceptors (Lipinski definition) is 9. The first-order valence-corrected chi connectivity index (χ1v) is 53.6. The van der Waals surface area contributed by atoms with Gasteiger partial charge >= 0.3 is 5.69 Å². The monoisotopic (exact) mass is 1960 g/mol. The largest absolute Gasteiger partial charge is 0.358 e. The first-order valence-electron chi connectivity index (χ1n) is 51.9. The fourth-order valence-electron chi connectivity index (χ4n) is 19.7. The fraction of sp³-hybridized carbons (Fsp3) is 0.508. The molecule has 10 aromatic heterocycles. The molecule has 0 unspecified atom stereocenters. The lowest BCUT2D eigenvalue weighted by molar-refractivity contribution is 0.567. The van der Waals surface area contributed by atoms with Crippen LogP contribution in [0.2, 0.25) is 0 Å². The van der Waals surface area contributed by atoms with Crippen molar-refractivity contribution in [2.24, 2.45) is 7.05 Å². The van der Waals surface area contributed by atoms with Gasteiger partial charge in [0.25, 0.3) is 0 Å². The maximum absolute atomic E-state index is 11.1. The van der Waals surface area contributed by atoms with Gasteiger partial charge in [-0.15, -0.1) is 11.3 Å². The second kappa shape index (κ2) is 53.3. The van der Waals surface area contributed by atoms with Gasteiger partial charge in [-0.25, -0.2) is 24.6 Å². The molecule has 14 nitrogen and oxygen atoms in total. The molecule has 15 rings (SSSR count). The molecule has 10 heterocycles. The average Bonchev–Trinajstić information content (AvgIpc) is 0.905. The molecule has 5 aromatic carbocycles. The van der Waals surface area contributed by atoms with Crippen LogP contribution in [0, 0.1) is 214 Å². The summed E-state index contributed by atoms with van der Waals surface area (Å²) < 4.78 is 9.73. The maximum Gasteiger partial charge on any atom is 0.328 e. The van der Waals surface area contributed by atoms with Gasteiger partial charge in [0.2, 0.25) is 5.00 Å². The van der Waals surface area contributed by atoms with Gasteiger partial charge in [0, 0.05) is 105 Å². The van der Waals surface area contributed by atoms with Crippen molar-refractivity contribution >= 4 is 71.4 Å². The Kier molecular flexibility index (Phi) is 45.7. The number of benzene rings is 5. The van der Waals surface area contributed by atoms with Crippen LogP contribution >= 0.6 is 22.7 Å². The van der Waals surface area contributed by atoms with Crippen molar-refractivity contribution in [3.63, 3.8) is 0 Å². The van der Waals surface area contributed by atoms with Crippen LogP contribution in [0.1, 0.15) is 423 Å². The van der Waals surface area contributed by atoms with Crippen LogP contribution in [-0.2, 0) is 7.05 Å². The minimum Gasteiger partial charge on any atom is -0.358 e. The van der Waals surface area contributed by atoms with Crippen LogP contribution < -0.4 is 5.69 Å². The minimum absolute atomic E-state index is 0.0509. The van der Waals surface area contributed by atoms with Gasteiger partial charge < -0.3 is 23.3 Å². The SMILES string of the molecule is CC(C)n1ccn(C)c1=O.CC(C)n1cnc2ccccc21.CC(C)n1cnc2ccncc21.Cc1[nH]c2c(C)c(C)c(C)c(C)c2c1C(C)C.Cc1c(C)c(C)c(C(C)C)c(C)c1C.Cc1c(C)c(C)c2c(C(C)C)c(C)c(C)c(C)c2c1C.Cc1nc(C(C)C)c(C)c(C)c1C.Cc1nc(C)c(C(C)C)c(C)c1C.Cc1ncn(C(C)C)c1C.Cc1sc(C)c(C(C)C)c1C.[C-]#[N+]c1ccc(C(C)C)s1. The zero-order chi connectivity index (χ0) is 108. The number of thiophene rings is 2. The molecule has 0 bridgehead atoms. The Morgan fingerprint density at radius 1 is 0.324 bits per heavy atom. The van der Waals surface area contributed by atoms with Crippen molar-refractivity contribution in [3.05, 3.63) is 313 Å². The van der Waals surface area contributed by atoms with Crippen LogP contribution in [0.3, 0.4) is 0 Å². The van der Waals surface area contributed by atoms with Crippen molar-refractivity contribution in [2.75, 3.05) is 0 Å². The normalized spacial score (nSPS) is 11.1. The van der Waals surface area contributed by atoms with E-state index in [9.17, 15) is 4.79 Å². The zero-order valence-corrected chi connectivity index (χ0v) is 100. The summed E-state index contributed by atoms with van der Waals surface area (Å²) in [6, 6.07) is 15.7. The van der Waals surface area contributed by atoms with E-state index in [4.69, 9.17) is 6.57 Å². The average molecular weight is 1960 g/mol. The molecule has 0 atom stereocenters. The number of aryl methyl sites for hydroxylation is 13. The van der Waals surface area contributed by atoms with E-state index in [0.717, 1.165) is 27.2 Å². The summed E-state index contributed by atoms with van der Waals surface area (Å²) in [5.74, 6) is 4.11. The summed E-state index contributed by atoms with van der Waals surface area (Å²) in [6.07, 6.45) is 12.8. The van der Waals surface area contributed by atoms with Crippen LogP contribution in [-0.4, -0.2) is 57.7 Å². The number of aromatic amines is 1. The van der Waals surface area contributed by atoms with E-state index < -0.39 is 0 Å². The van der Waals surface area contributed by atoms with Crippen LogP contribution in [0.25, 0.3) is 48.6 Å². The van der Waals surface area contributed by atoms with Crippen molar-refractivity contribution in [1.29, 1.82) is 0 Å². The standard InChI is InChI=1S/C20H28.C16H23N.C14H22.2C12H19N.C10H12N2.C10H16S.C9H11N3.C8H14N2.C8H9NS.C7H12N2O/c1-10(2)18-14(6)13(5)16(8)19-15(7)11(3)12(4)17(9)20(18)19;1-8(2)14-13(7)17-16-12(6)10(4)9(3)11(5)15(14)16;1-8(2)14-12(6)10(4)9(3)11(5)13(14)7;1-7(2)12-9(4)8(3)10(5)13-11(12)6;1-7(2)12-10(5)8(3)9(4)11(6)13-12;1-8(2)12-7-11-9-5-3-4-6-10(9)12;1-6(2)10-7(3)8(4)11-9(10)5;1-7(2)12-6-11-8-3-4-10-5-9(8)12;1-6(2)10-5-9-7(3)8(10)4;1-6(2)7-4-5-8(9-3)10-7;1-6(2)9-5-4-8(3)7(9)10/h10H,1-9H3;8,17H,1-7H3;8H,1-7H3;2*7H,1-6H3;3-8H,1-2H3;6H,1-5H3;3-7H,1-2H3;5-6H,1-4H3;4-6H,1-2H3;4-6H,1-3H3. The molecule has 15 aromatic rings. The molecular formula is C126H185N13OS2. The van der Waals surface area contributed by atoms with E-state index in [0.29, 0.717) is 59.6 Å². The van der Waals surface area contributed by atoms with Crippen molar-refractivity contribution in [3.8, 4) is 0 Å². The quantitative estimate of drug-likeness (QED) is 0.127. The first kappa shape index (κ1) is 122. The molecule has 0 fully saturated rings. The lowest BCUT2D eigenvalue weighted by atomic mass is 9.80. The molecule has 0 saturated heterocycles. The number of aromatic nitrogens is 12. The fourth-order valence-corrected chi connectivity index (χ4v) is 21.7. The molecule has 0 spiro atoms. The highest BCUT2D eigenvalue weighted by Gasteiger charge is 2.24. The van der Waals surface area contributed by atoms with Crippen LogP contribution in [0.5, 0.6) is 0 Å². The van der Waals surface area contributed by atoms with Crippen molar-refractivity contribution in [1.82, 2.24) is 57.7 Å². The summed E-state index contributed by atoms with van der Waals surface area (Å²) in [6.45, 7) is 121. The van der Waals surface area contributed by atoms with Gasteiger partial charge in [0.15, 0.2) is 0 Å². The van der Waals surface area contributed by atoms with E-state index in [1.54, 1.807) is 62.8 Å². The number of pyridine rings is 3. The Hall–Kier alpha value is -10.6. The van der Waals surface area contributed by atoms with Gasteiger partial charge in [0.05, 0.1) is 59.5 Å². The lowest BCUT2D eigenvalue weighted by Gasteiger charge is -2.24. The number of nitrogens with zero attached hydrogens (tertiary/aromatic N) is 12. The highest BCUT2D eigenvalue weighted by Crippen LogP contribution is 2.42. The van der Waals surface area contributed by atoms with Gasteiger partial charge in [-0.1, -0.05) is 115 Å². The Labute approximate surface area is 868 Å². The highest BCUT2D eigenvalue weighted by atomic mass is 32.1. The van der Waals surface area contributed by atoms with E-state index >= 15 is 0 Å². The number of hydrogen-bond donors (Lipinski definition) is 1. The zero-order valence-electron chi connectivity index (χ0n) is 98.5. The molecular weight excluding hydrogens is 1780 g/mol. The lowest BCUT2D eigenvalue weighted by Crippen LogP contribution is -2.23. The second-order valence-electron chi connectivity index (χ2n) is 43.0. The third-order valence-electron chi connectivity index (χ3n) is 29.9. The number of rotatable bonds is 11. The molecule has 0 radical (unpaired) electrons. The van der Waals surface area contributed by atoms with E-state index in [1.807, 2.05) is 93.7 Å². The predicted octanol–water partition coefficient (Wildman–Crippen LogP) is 36.9. The Bertz CT molecular complexity index is 6760. The predicted molar refractivity (Wildman–Crippen MR) is 623 cm³/mol. The van der Waals surface area contributed by atoms with Gasteiger partial charge in [-0.3, -0.25) is 19.5 Å². The number of imidazole rings is 4. The van der Waals surface area contributed by atoms with Gasteiger partial charge in [0.1, 0.15) is 0 Å². The summed E-state index contributed by atoms with van der Waals surface area (Å²) in [5, 5.41) is 5.26. The molecule has 1 N–H and O–H groups in total. The van der Waals surface area contributed by atoms with Gasteiger partial charge in [-0.2, -0.15) is 11.3 Å². The van der Waals surface area contributed by atoms with E-state index in [1.165, 1.54) is 210 Å².